The van der Waals surface area contributed by atoms with Crippen molar-refractivity contribution >= 4 is 0 Å². The van der Waals surface area contributed by atoms with Crippen molar-refractivity contribution in [2.24, 2.45) is 11.7 Å². The third-order valence-corrected chi connectivity index (χ3v) is 2.85. The summed E-state index contributed by atoms with van der Waals surface area (Å²) in [5.41, 5.74) is 5.66. The van der Waals surface area contributed by atoms with Gasteiger partial charge in [0.05, 0.1) is 6.10 Å². The molecule has 0 unspecified atom stereocenters. The van der Waals surface area contributed by atoms with Crippen LogP contribution in [0.25, 0.3) is 0 Å². The molecule has 0 spiro atoms. The summed E-state index contributed by atoms with van der Waals surface area (Å²) in [6.45, 7) is 5.39. The highest BCUT2D eigenvalue weighted by atomic mass is 16.5. The summed E-state index contributed by atoms with van der Waals surface area (Å²) in [5.74, 6) is 0.752. The first-order valence-electron chi connectivity index (χ1n) is 5.13. The maximum atomic E-state index is 5.71. The van der Waals surface area contributed by atoms with Gasteiger partial charge < -0.3 is 10.5 Å². The molecule has 12 heavy (non-hydrogen) atoms. The Morgan fingerprint density at radius 1 is 1.33 bits per heavy atom. The van der Waals surface area contributed by atoms with Crippen LogP contribution in [0.2, 0.25) is 0 Å². The van der Waals surface area contributed by atoms with E-state index in [9.17, 15) is 0 Å². The Labute approximate surface area is 75.5 Å². The van der Waals surface area contributed by atoms with Crippen molar-refractivity contribution in [3.05, 3.63) is 0 Å². The van der Waals surface area contributed by atoms with Crippen molar-refractivity contribution in [2.75, 3.05) is 6.61 Å². The fourth-order valence-electron chi connectivity index (χ4n) is 1.54. The molecule has 1 aliphatic carbocycles. The van der Waals surface area contributed by atoms with E-state index in [1.165, 1.54) is 12.8 Å². The van der Waals surface area contributed by atoms with Gasteiger partial charge in [-0.3, -0.25) is 0 Å². The zero-order valence-corrected chi connectivity index (χ0v) is 8.25. The van der Waals surface area contributed by atoms with Crippen molar-refractivity contribution < 1.29 is 4.74 Å². The molecule has 1 rings (SSSR count). The molecule has 0 bridgehead atoms. The largest absolute Gasteiger partial charge is 0.378 e. The molecule has 2 nitrogen and oxygen atoms in total. The Bertz CT molecular complexity index is 117. The molecule has 1 aliphatic rings. The van der Waals surface area contributed by atoms with Gasteiger partial charge in [-0.2, -0.15) is 0 Å². The van der Waals surface area contributed by atoms with Crippen molar-refractivity contribution in [3.63, 3.8) is 0 Å². The zero-order chi connectivity index (χ0) is 8.97. The molecule has 2 N–H and O–H groups in total. The second-order valence-corrected chi connectivity index (χ2v) is 3.87. The summed E-state index contributed by atoms with van der Waals surface area (Å²) >= 11 is 0. The molecular weight excluding hydrogens is 150 g/mol. The Kier molecular flexibility index (Phi) is 4.02. The summed E-state index contributed by atoms with van der Waals surface area (Å²) in [6, 6.07) is 0.414. The van der Waals surface area contributed by atoms with Crippen LogP contribution in [0.15, 0.2) is 0 Å². The predicted octanol–water partition coefficient (Wildman–Crippen LogP) is 1.93. The van der Waals surface area contributed by atoms with Gasteiger partial charge in [-0.15, -0.1) is 0 Å². The number of hydrogen-bond donors (Lipinski definition) is 1. The maximum Gasteiger partial charge on any atom is 0.0604 e. The van der Waals surface area contributed by atoms with Crippen LogP contribution in [0.4, 0.5) is 0 Å². The monoisotopic (exact) mass is 171 g/mol. The highest BCUT2D eigenvalue weighted by molar-refractivity contribution is 4.82. The van der Waals surface area contributed by atoms with Crippen molar-refractivity contribution in [3.8, 4) is 0 Å². The lowest BCUT2D eigenvalue weighted by Crippen LogP contribution is -2.42. The molecule has 0 radical (unpaired) electrons. The lowest BCUT2D eigenvalue weighted by atomic mass is 9.90. The topological polar surface area (TPSA) is 35.2 Å². The summed E-state index contributed by atoms with van der Waals surface area (Å²) < 4.78 is 5.71. The van der Waals surface area contributed by atoms with E-state index in [4.69, 9.17) is 10.5 Å². The van der Waals surface area contributed by atoms with Crippen molar-refractivity contribution in [1.29, 1.82) is 0 Å². The highest BCUT2D eigenvalue weighted by Gasteiger charge is 2.26. The molecule has 0 aromatic rings. The van der Waals surface area contributed by atoms with Gasteiger partial charge in [-0.25, -0.2) is 0 Å². The molecule has 0 saturated heterocycles. The summed E-state index contributed by atoms with van der Waals surface area (Å²) in [5, 5.41) is 0. The van der Waals surface area contributed by atoms with Gasteiger partial charge in [0.15, 0.2) is 0 Å². The fraction of sp³-hybridized carbons (Fsp3) is 1.00. The Hall–Kier alpha value is -0.0800. The van der Waals surface area contributed by atoms with Crippen LogP contribution < -0.4 is 5.73 Å². The summed E-state index contributed by atoms with van der Waals surface area (Å²) in [7, 11) is 0. The van der Waals surface area contributed by atoms with Crippen LogP contribution in [0.3, 0.4) is 0 Å². The smallest absolute Gasteiger partial charge is 0.0604 e. The van der Waals surface area contributed by atoms with Crippen LogP contribution in [-0.4, -0.2) is 18.8 Å². The van der Waals surface area contributed by atoms with Crippen molar-refractivity contribution in [1.82, 2.24) is 0 Å². The third kappa shape index (κ3) is 2.76. The van der Waals surface area contributed by atoms with E-state index >= 15 is 0 Å². The SMILES string of the molecule is CCC(CC)COC1CC(N)C1. The van der Waals surface area contributed by atoms with Gasteiger partial charge in [0, 0.05) is 12.6 Å². The van der Waals surface area contributed by atoms with Gasteiger partial charge in [-0.1, -0.05) is 26.7 Å². The average molecular weight is 171 g/mol. The van der Waals surface area contributed by atoms with E-state index in [2.05, 4.69) is 13.8 Å². The molecule has 0 aromatic heterocycles. The van der Waals surface area contributed by atoms with Crippen LogP contribution >= 0.6 is 0 Å². The van der Waals surface area contributed by atoms with Gasteiger partial charge in [0.25, 0.3) is 0 Å². The number of rotatable bonds is 5. The normalized spacial score (nSPS) is 29.0. The van der Waals surface area contributed by atoms with E-state index in [1.807, 2.05) is 0 Å². The summed E-state index contributed by atoms with van der Waals surface area (Å²) in [4.78, 5) is 0. The van der Waals surface area contributed by atoms with E-state index in [1.54, 1.807) is 0 Å². The minimum absolute atomic E-state index is 0.414. The predicted molar refractivity (Wildman–Crippen MR) is 51.0 cm³/mol. The molecule has 0 amide bonds. The Balaban J connectivity index is 2.01. The van der Waals surface area contributed by atoms with Gasteiger partial charge >= 0.3 is 0 Å². The van der Waals surface area contributed by atoms with Crippen LogP contribution in [0.5, 0.6) is 0 Å². The minimum atomic E-state index is 0.414. The Morgan fingerprint density at radius 3 is 2.33 bits per heavy atom. The molecule has 2 heteroatoms. The van der Waals surface area contributed by atoms with Gasteiger partial charge in [-0.05, 0) is 18.8 Å². The average Bonchev–Trinajstić information content (AvgIpc) is 2.03. The first-order valence-corrected chi connectivity index (χ1v) is 5.13. The fourth-order valence-corrected chi connectivity index (χ4v) is 1.54. The number of nitrogens with two attached hydrogens (primary N) is 1. The number of hydrogen-bond acceptors (Lipinski definition) is 2. The van der Waals surface area contributed by atoms with Crippen molar-refractivity contribution in [2.45, 2.75) is 51.7 Å². The van der Waals surface area contributed by atoms with Gasteiger partial charge in [0.2, 0.25) is 0 Å². The highest BCUT2D eigenvalue weighted by Crippen LogP contribution is 2.22. The lowest BCUT2D eigenvalue weighted by molar-refractivity contribution is -0.0260. The van der Waals surface area contributed by atoms with Crippen LogP contribution in [-0.2, 0) is 4.74 Å². The van der Waals surface area contributed by atoms with Crippen LogP contribution in [0, 0.1) is 5.92 Å². The first-order chi connectivity index (χ1) is 5.76. The van der Waals surface area contributed by atoms with Gasteiger partial charge in [0.1, 0.15) is 0 Å². The zero-order valence-electron chi connectivity index (χ0n) is 8.25. The molecule has 72 valence electrons. The van der Waals surface area contributed by atoms with E-state index in [-0.39, 0.29) is 0 Å². The summed E-state index contributed by atoms with van der Waals surface area (Å²) in [6.07, 6.45) is 5.07. The molecule has 0 aliphatic heterocycles. The Morgan fingerprint density at radius 2 is 1.92 bits per heavy atom. The second kappa shape index (κ2) is 4.83. The molecule has 1 fully saturated rings. The van der Waals surface area contributed by atoms with E-state index < -0.39 is 0 Å². The second-order valence-electron chi connectivity index (χ2n) is 3.87. The van der Waals surface area contributed by atoms with E-state index in [0.717, 1.165) is 25.4 Å². The lowest BCUT2D eigenvalue weighted by Gasteiger charge is -2.33. The first kappa shape index (κ1) is 10.0. The minimum Gasteiger partial charge on any atom is -0.378 e. The third-order valence-electron chi connectivity index (χ3n) is 2.85. The molecule has 0 atom stereocenters. The quantitative estimate of drug-likeness (QED) is 0.686. The van der Waals surface area contributed by atoms with Crippen LogP contribution in [0.1, 0.15) is 39.5 Å². The maximum absolute atomic E-state index is 5.71. The molecule has 1 saturated carbocycles. The molecule has 0 aromatic carbocycles. The molecular formula is C10H21NO. The standard InChI is InChI=1S/C10H21NO/c1-3-8(4-2)7-12-10-5-9(11)6-10/h8-10H,3-7,11H2,1-2H3. The number of ether oxygens (including phenoxy) is 1. The van der Waals surface area contributed by atoms with E-state index in [0.29, 0.717) is 12.1 Å². The molecule has 0 heterocycles.